The Morgan fingerprint density at radius 2 is 1.95 bits per heavy atom. The smallest absolute Gasteiger partial charge is 0.240 e. The van der Waals surface area contributed by atoms with Crippen LogP contribution in [-0.2, 0) is 10.0 Å². The molecule has 5 heteroatoms. The molecule has 0 radical (unpaired) electrons. The molecule has 0 saturated heterocycles. The van der Waals surface area contributed by atoms with E-state index < -0.39 is 16.1 Å². The molecule has 0 aliphatic heterocycles. The third-order valence-corrected chi connectivity index (χ3v) is 5.10. The van der Waals surface area contributed by atoms with Gasteiger partial charge in [-0.2, -0.15) is 0 Å². The van der Waals surface area contributed by atoms with Crippen molar-refractivity contribution in [1.29, 1.82) is 0 Å². The first kappa shape index (κ1) is 14.5. The first-order chi connectivity index (χ1) is 8.99. The standard InChI is InChI=1S/C14H21NO3S/c1-11(16)12-6-5-9-14(10-12)19(17,18)15-13-7-3-2-4-8-13/h5-6,9-11,13,15-16H,2-4,7-8H2,1H3. The molecule has 2 N–H and O–H groups in total. The van der Waals surface area contributed by atoms with Crippen LogP contribution in [0, 0.1) is 0 Å². The molecule has 19 heavy (non-hydrogen) atoms. The second kappa shape index (κ2) is 6.03. The van der Waals surface area contributed by atoms with Crippen LogP contribution in [0.15, 0.2) is 29.2 Å². The van der Waals surface area contributed by atoms with Crippen molar-refractivity contribution in [3.05, 3.63) is 29.8 Å². The number of benzene rings is 1. The van der Waals surface area contributed by atoms with Crippen molar-refractivity contribution in [1.82, 2.24) is 4.72 Å². The van der Waals surface area contributed by atoms with Gasteiger partial charge in [-0.25, -0.2) is 13.1 Å². The van der Waals surface area contributed by atoms with Crippen molar-refractivity contribution < 1.29 is 13.5 Å². The fourth-order valence-electron chi connectivity index (χ4n) is 2.45. The van der Waals surface area contributed by atoms with Crippen LogP contribution in [0.4, 0.5) is 0 Å². The van der Waals surface area contributed by atoms with Gasteiger partial charge in [0, 0.05) is 6.04 Å². The summed E-state index contributed by atoms with van der Waals surface area (Å²) in [7, 11) is -3.48. The molecule has 1 saturated carbocycles. The van der Waals surface area contributed by atoms with Crippen molar-refractivity contribution in [3.63, 3.8) is 0 Å². The van der Waals surface area contributed by atoms with E-state index in [2.05, 4.69) is 4.72 Å². The highest BCUT2D eigenvalue weighted by molar-refractivity contribution is 7.89. The van der Waals surface area contributed by atoms with Gasteiger partial charge in [0.1, 0.15) is 0 Å². The monoisotopic (exact) mass is 283 g/mol. The zero-order valence-corrected chi connectivity index (χ0v) is 12.0. The molecule has 106 valence electrons. The maximum atomic E-state index is 12.3. The van der Waals surface area contributed by atoms with Gasteiger partial charge in [-0.05, 0) is 37.5 Å². The minimum absolute atomic E-state index is 0.0500. The Hall–Kier alpha value is -0.910. The third kappa shape index (κ3) is 3.78. The van der Waals surface area contributed by atoms with Crippen LogP contribution < -0.4 is 4.72 Å². The number of nitrogens with one attached hydrogen (secondary N) is 1. The van der Waals surface area contributed by atoms with Crippen LogP contribution in [0.5, 0.6) is 0 Å². The zero-order valence-electron chi connectivity index (χ0n) is 11.2. The van der Waals surface area contributed by atoms with Gasteiger partial charge in [-0.3, -0.25) is 0 Å². The summed E-state index contributed by atoms with van der Waals surface area (Å²) in [4.78, 5) is 0.233. The fourth-order valence-corrected chi connectivity index (χ4v) is 3.81. The van der Waals surface area contributed by atoms with Crippen molar-refractivity contribution in [2.75, 3.05) is 0 Å². The lowest BCUT2D eigenvalue weighted by atomic mass is 9.96. The van der Waals surface area contributed by atoms with Crippen molar-refractivity contribution in [2.24, 2.45) is 0 Å². The number of aliphatic hydroxyl groups is 1. The highest BCUT2D eigenvalue weighted by atomic mass is 32.2. The highest BCUT2D eigenvalue weighted by Gasteiger charge is 2.22. The highest BCUT2D eigenvalue weighted by Crippen LogP contribution is 2.21. The largest absolute Gasteiger partial charge is 0.389 e. The van der Waals surface area contributed by atoms with E-state index in [0.29, 0.717) is 5.56 Å². The molecular weight excluding hydrogens is 262 g/mol. The minimum Gasteiger partial charge on any atom is -0.389 e. The Kier molecular flexibility index (Phi) is 4.60. The van der Waals surface area contributed by atoms with Gasteiger partial charge in [0.2, 0.25) is 10.0 Å². The Bertz CT molecular complexity index is 519. The second-order valence-electron chi connectivity index (χ2n) is 5.20. The number of rotatable bonds is 4. The van der Waals surface area contributed by atoms with Crippen molar-refractivity contribution in [3.8, 4) is 0 Å². The summed E-state index contributed by atoms with van der Waals surface area (Å²) < 4.78 is 27.3. The SMILES string of the molecule is CC(O)c1cccc(S(=O)(=O)NC2CCCCC2)c1. The first-order valence-electron chi connectivity index (χ1n) is 6.79. The van der Waals surface area contributed by atoms with Gasteiger partial charge < -0.3 is 5.11 Å². The third-order valence-electron chi connectivity index (χ3n) is 3.58. The summed E-state index contributed by atoms with van der Waals surface area (Å²) in [6, 6.07) is 6.54. The molecule has 1 aliphatic carbocycles. The van der Waals surface area contributed by atoms with Crippen molar-refractivity contribution in [2.45, 2.75) is 56.1 Å². The van der Waals surface area contributed by atoms with Crippen LogP contribution in [0.25, 0.3) is 0 Å². The lowest BCUT2D eigenvalue weighted by molar-refractivity contribution is 0.199. The Labute approximate surface area is 114 Å². The number of sulfonamides is 1. The molecule has 0 spiro atoms. The summed E-state index contributed by atoms with van der Waals surface area (Å²) >= 11 is 0. The van der Waals surface area contributed by atoms with Crippen LogP contribution in [0.1, 0.15) is 50.7 Å². The molecule has 2 rings (SSSR count). The summed E-state index contributed by atoms with van der Waals surface area (Å²) in [5.74, 6) is 0. The quantitative estimate of drug-likeness (QED) is 0.891. The Morgan fingerprint density at radius 1 is 1.26 bits per heavy atom. The maximum Gasteiger partial charge on any atom is 0.240 e. The molecule has 1 aromatic carbocycles. The predicted octanol–water partition coefficient (Wildman–Crippen LogP) is 2.35. The molecule has 0 heterocycles. The molecule has 1 fully saturated rings. The number of hydrogen-bond donors (Lipinski definition) is 2. The van der Waals surface area contributed by atoms with Gasteiger partial charge in [0.15, 0.2) is 0 Å². The summed E-state index contributed by atoms with van der Waals surface area (Å²) in [5, 5.41) is 9.52. The molecule has 1 atom stereocenters. The normalized spacial score (nSPS) is 19.3. The van der Waals surface area contributed by atoms with E-state index in [1.807, 2.05) is 0 Å². The lowest BCUT2D eigenvalue weighted by Gasteiger charge is -2.22. The van der Waals surface area contributed by atoms with E-state index in [9.17, 15) is 13.5 Å². The Balaban J connectivity index is 2.16. The van der Waals surface area contributed by atoms with E-state index >= 15 is 0 Å². The average Bonchev–Trinajstić information content (AvgIpc) is 2.39. The van der Waals surface area contributed by atoms with E-state index in [1.165, 1.54) is 12.5 Å². The molecule has 1 unspecified atom stereocenters. The van der Waals surface area contributed by atoms with Crippen molar-refractivity contribution >= 4 is 10.0 Å². The molecular formula is C14H21NO3S. The summed E-state index contributed by atoms with van der Waals surface area (Å²) in [6.07, 6.45) is 4.52. The molecule has 4 nitrogen and oxygen atoms in total. The summed E-state index contributed by atoms with van der Waals surface area (Å²) in [5.41, 5.74) is 0.617. The van der Waals surface area contributed by atoms with Gasteiger partial charge in [-0.15, -0.1) is 0 Å². The Morgan fingerprint density at radius 3 is 2.58 bits per heavy atom. The van der Waals surface area contributed by atoms with Gasteiger partial charge in [0.05, 0.1) is 11.0 Å². The molecule has 1 aromatic rings. The van der Waals surface area contributed by atoms with Crippen LogP contribution in [0.2, 0.25) is 0 Å². The average molecular weight is 283 g/mol. The van der Waals surface area contributed by atoms with E-state index in [-0.39, 0.29) is 10.9 Å². The number of aliphatic hydroxyl groups excluding tert-OH is 1. The maximum absolute atomic E-state index is 12.3. The van der Waals surface area contributed by atoms with Crippen LogP contribution in [0.3, 0.4) is 0 Å². The first-order valence-corrected chi connectivity index (χ1v) is 8.28. The predicted molar refractivity (Wildman–Crippen MR) is 74.3 cm³/mol. The lowest BCUT2D eigenvalue weighted by Crippen LogP contribution is -2.36. The molecule has 0 amide bonds. The second-order valence-corrected chi connectivity index (χ2v) is 6.92. The van der Waals surface area contributed by atoms with E-state index in [0.717, 1.165) is 25.7 Å². The topological polar surface area (TPSA) is 66.4 Å². The minimum atomic E-state index is -3.48. The molecule has 0 bridgehead atoms. The van der Waals surface area contributed by atoms with Crippen LogP contribution >= 0.6 is 0 Å². The fraction of sp³-hybridized carbons (Fsp3) is 0.571. The molecule has 0 aromatic heterocycles. The number of hydrogen-bond acceptors (Lipinski definition) is 3. The van der Waals surface area contributed by atoms with Gasteiger partial charge >= 0.3 is 0 Å². The van der Waals surface area contributed by atoms with E-state index in [4.69, 9.17) is 0 Å². The van der Waals surface area contributed by atoms with E-state index in [1.54, 1.807) is 25.1 Å². The van der Waals surface area contributed by atoms with Gasteiger partial charge in [0.25, 0.3) is 0 Å². The van der Waals surface area contributed by atoms with Gasteiger partial charge in [-0.1, -0.05) is 31.4 Å². The molecule has 1 aliphatic rings. The van der Waals surface area contributed by atoms with Crippen LogP contribution in [-0.4, -0.2) is 19.6 Å². The zero-order chi connectivity index (χ0) is 13.9. The summed E-state index contributed by atoms with van der Waals surface area (Å²) in [6.45, 7) is 1.63.